The number of ketones is 1. The zero-order valence-corrected chi connectivity index (χ0v) is 23.6. The van der Waals surface area contributed by atoms with E-state index in [-0.39, 0.29) is 17.6 Å². The van der Waals surface area contributed by atoms with Crippen molar-refractivity contribution in [1.82, 2.24) is 0 Å². The first-order valence-electron chi connectivity index (χ1n) is 13.1. The fraction of sp³-hybridized carbons (Fsp3) is 0.258. The molecule has 6 nitrogen and oxygen atoms in total. The summed E-state index contributed by atoms with van der Waals surface area (Å²) in [6, 6.07) is 18.3. The highest BCUT2D eigenvalue weighted by Crippen LogP contribution is 2.50. The van der Waals surface area contributed by atoms with E-state index in [1.54, 1.807) is 60.7 Å². The molecule has 198 valence electrons. The Hall–Kier alpha value is -3.42. The summed E-state index contributed by atoms with van der Waals surface area (Å²) >= 11 is 9.79. The maximum atomic E-state index is 14.1. The van der Waals surface area contributed by atoms with Crippen LogP contribution in [0.15, 0.2) is 77.3 Å². The summed E-state index contributed by atoms with van der Waals surface area (Å²) in [5.41, 5.74) is 2.60. The molecule has 3 aliphatic heterocycles. The van der Waals surface area contributed by atoms with Crippen molar-refractivity contribution in [2.45, 2.75) is 31.8 Å². The van der Waals surface area contributed by atoms with Gasteiger partial charge in [-0.1, -0.05) is 71.2 Å². The molecule has 3 aromatic carbocycles. The lowest BCUT2D eigenvalue weighted by atomic mass is 9.86. The zero-order valence-electron chi connectivity index (χ0n) is 21.2. The Balaban J connectivity index is 1.40. The third kappa shape index (κ3) is 4.38. The van der Waals surface area contributed by atoms with Crippen molar-refractivity contribution in [3.63, 3.8) is 0 Å². The molecule has 8 heteroatoms. The van der Waals surface area contributed by atoms with E-state index >= 15 is 0 Å². The van der Waals surface area contributed by atoms with E-state index in [0.29, 0.717) is 28.6 Å². The second-order valence-electron chi connectivity index (χ2n) is 10.0. The molecule has 0 aromatic heterocycles. The molecule has 2 amide bonds. The first-order chi connectivity index (χ1) is 18.9. The molecule has 2 saturated heterocycles. The van der Waals surface area contributed by atoms with Gasteiger partial charge in [-0.2, -0.15) is 0 Å². The molecule has 39 heavy (non-hydrogen) atoms. The minimum atomic E-state index is -0.860. The van der Waals surface area contributed by atoms with E-state index in [4.69, 9.17) is 16.3 Å². The Morgan fingerprint density at radius 3 is 2.41 bits per heavy atom. The van der Waals surface area contributed by atoms with Crippen LogP contribution in [0.25, 0.3) is 6.08 Å². The summed E-state index contributed by atoms with van der Waals surface area (Å²) < 4.78 is 6.60. The smallest absolute Gasteiger partial charge is 0.240 e. The van der Waals surface area contributed by atoms with Gasteiger partial charge in [-0.25, -0.2) is 4.90 Å². The topological polar surface area (TPSA) is 66.9 Å². The van der Waals surface area contributed by atoms with Crippen LogP contribution < -0.4 is 14.5 Å². The lowest BCUT2D eigenvalue weighted by Gasteiger charge is -2.36. The molecule has 0 aliphatic carbocycles. The molecule has 0 saturated carbocycles. The average Bonchev–Trinajstić information content (AvgIpc) is 3.42. The van der Waals surface area contributed by atoms with Crippen molar-refractivity contribution in [3.8, 4) is 5.75 Å². The fourth-order valence-corrected chi connectivity index (χ4v) is 6.33. The standard InChI is InChI=1S/C31H26BrClN2O4/c1-2-3-16-39-23-13-11-22(12-14-23)34-30(37)26-24-15-7-18-6-10-21(33)17-25(18)35(24)28(27(26)31(34)38)29(36)19-4-8-20(32)9-5-19/h4-15,17,24,26-28H,2-3,16H2,1H3/t24-,26-,27-,28-/m0/s1. The quantitative estimate of drug-likeness (QED) is 0.174. The van der Waals surface area contributed by atoms with Crippen molar-refractivity contribution in [2.24, 2.45) is 11.8 Å². The second kappa shape index (κ2) is 10.3. The largest absolute Gasteiger partial charge is 0.494 e. The van der Waals surface area contributed by atoms with Crippen LogP contribution >= 0.6 is 27.5 Å². The summed E-state index contributed by atoms with van der Waals surface area (Å²) in [7, 11) is 0. The van der Waals surface area contributed by atoms with E-state index in [1.165, 1.54) is 4.90 Å². The summed E-state index contributed by atoms with van der Waals surface area (Å²) in [5, 5.41) is 0.523. The molecule has 0 bridgehead atoms. The molecule has 3 aromatic rings. The van der Waals surface area contributed by atoms with Crippen LogP contribution in [-0.2, 0) is 9.59 Å². The number of nitrogens with zero attached hydrogens (tertiary/aromatic N) is 2. The first kappa shape index (κ1) is 25.8. The van der Waals surface area contributed by atoms with Crippen LogP contribution in [0.3, 0.4) is 0 Å². The summed E-state index contributed by atoms with van der Waals surface area (Å²) in [6.45, 7) is 2.70. The van der Waals surface area contributed by atoms with Gasteiger partial charge in [0.05, 0.1) is 30.2 Å². The van der Waals surface area contributed by atoms with Crippen molar-refractivity contribution >= 4 is 62.6 Å². The Kier molecular flexibility index (Phi) is 6.81. The van der Waals surface area contributed by atoms with Crippen LogP contribution in [0.4, 0.5) is 11.4 Å². The molecule has 0 radical (unpaired) electrons. The van der Waals surface area contributed by atoms with Gasteiger partial charge >= 0.3 is 0 Å². The van der Waals surface area contributed by atoms with Gasteiger partial charge in [0.25, 0.3) is 0 Å². The molecule has 2 fully saturated rings. The number of anilines is 2. The number of imide groups is 1. The highest BCUT2D eigenvalue weighted by Gasteiger charge is 2.64. The van der Waals surface area contributed by atoms with Gasteiger partial charge in [-0.3, -0.25) is 14.4 Å². The minimum absolute atomic E-state index is 0.205. The number of fused-ring (bicyclic) bond motifs is 5. The molecular formula is C31H26BrClN2O4. The number of rotatable bonds is 7. The van der Waals surface area contributed by atoms with Crippen LogP contribution in [-0.4, -0.2) is 36.3 Å². The molecule has 3 heterocycles. The second-order valence-corrected chi connectivity index (χ2v) is 11.4. The van der Waals surface area contributed by atoms with Gasteiger partial charge in [0, 0.05) is 20.7 Å². The number of benzene rings is 3. The lowest BCUT2D eigenvalue weighted by molar-refractivity contribution is -0.122. The van der Waals surface area contributed by atoms with Crippen LogP contribution in [0.5, 0.6) is 5.75 Å². The Bertz CT molecular complexity index is 1490. The lowest BCUT2D eigenvalue weighted by Crippen LogP contribution is -2.48. The maximum Gasteiger partial charge on any atom is 0.240 e. The number of Topliss-reactive ketones (excluding diaryl/α,β-unsaturated/α-hetero) is 1. The van der Waals surface area contributed by atoms with E-state index < -0.39 is 23.9 Å². The summed E-state index contributed by atoms with van der Waals surface area (Å²) in [6.07, 6.45) is 5.85. The highest BCUT2D eigenvalue weighted by atomic mass is 79.9. The first-order valence-corrected chi connectivity index (χ1v) is 14.2. The predicted molar refractivity (Wildman–Crippen MR) is 155 cm³/mol. The molecule has 0 unspecified atom stereocenters. The summed E-state index contributed by atoms with van der Waals surface area (Å²) in [5.74, 6) is -1.74. The summed E-state index contributed by atoms with van der Waals surface area (Å²) in [4.78, 5) is 45.3. The Morgan fingerprint density at radius 1 is 0.974 bits per heavy atom. The zero-order chi connectivity index (χ0) is 27.3. The van der Waals surface area contributed by atoms with Crippen LogP contribution in [0, 0.1) is 11.8 Å². The van der Waals surface area contributed by atoms with Crippen LogP contribution in [0.2, 0.25) is 5.02 Å². The van der Waals surface area contributed by atoms with Crippen LogP contribution in [0.1, 0.15) is 35.7 Å². The predicted octanol–water partition coefficient (Wildman–Crippen LogP) is 6.55. The normalized spacial score (nSPS) is 23.1. The number of carbonyl (C=O) groups is 3. The SMILES string of the molecule is CCCCOc1ccc(N2C(=O)[C@@H]3[C@H](C2=O)[C@@H](C(=O)c2ccc(Br)cc2)N2c4cc(Cl)ccc4C=C[C@@H]32)cc1. The monoisotopic (exact) mass is 604 g/mol. The van der Waals surface area contributed by atoms with Crippen molar-refractivity contribution in [2.75, 3.05) is 16.4 Å². The number of carbonyl (C=O) groups excluding carboxylic acids is 3. The van der Waals surface area contributed by atoms with Gasteiger partial charge in [0.1, 0.15) is 11.8 Å². The van der Waals surface area contributed by atoms with Crippen molar-refractivity contribution in [1.29, 1.82) is 0 Å². The number of unbranched alkanes of at least 4 members (excludes halogenated alkanes) is 1. The molecular weight excluding hydrogens is 580 g/mol. The van der Waals surface area contributed by atoms with Gasteiger partial charge in [0.2, 0.25) is 11.8 Å². The number of hydrogen-bond acceptors (Lipinski definition) is 5. The number of ether oxygens (including phenoxy) is 1. The van der Waals surface area contributed by atoms with Gasteiger partial charge in [0.15, 0.2) is 5.78 Å². The minimum Gasteiger partial charge on any atom is -0.494 e. The molecule has 4 atom stereocenters. The third-order valence-electron chi connectivity index (χ3n) is 7.73. The number of halogens is 2. The Morgan fingerprint density at radius 2 is 1.69 bits per heavy atom. The highest BCUT2D eigenvalue weighted by molar-refractivity contribution is 9.10. The number of amides is 2. The average molecular weight is 606 g/mol. The molecule has 0 spiro atoms. The third-order valence-corrected chi connectivity index (χ3v) is 8.49. The Labute approximate surface area is 240 Å². The van der Waals surface area contributed by atoms with E-state index in [2.05, 4.69) is 22.9 Å². The molecule has 3 aliphatic rings. The van der Waals surface area contributed by atoms with Gasteiger partial charge < -0.3 is 9.64 Å². The number of hydrogen-bond donors (Lipinski definition) is 0. The fourth-order valence-electron chi connectivity index (χ4n) is 5.90. The van der Waals surface area contributed by atoms with Crippen molar-refractivity contribution in [3.05, 3.63) is 93.4 Å². The maximum absolute atomic E-state index is 14.1. The van der Waals surface area contributed by atoms with E-state index in [0.717, 1.165) is 28.6 Å². The molecule has 0 N–H and O–H groups in total. The molecule has 6 rings (SSSR count). The van der Waals surface area contributed by atoms with E-state index in [1.807, 2.05) is 23.1 Å². The van der Waals surface area contributed by atoms with Gasteiger partial charge in [-0.05, 0) is 60.5 Å². The van der Waals surface area contributed by atoms with Crippen molar-refractivity contribution < 1.29 is 19.1 Å². The van der Waals surface area contributed by atoms with E-state index in [9.17, 15) is 14.4 Å². The van der Waals surface area contributed by atoms with Gasteiger partial charge in [-0.15, -0.1) is 0 Å².